The number of ether oxygens (including phenoxy) is 3. The van der Waals surface area contributed by atoms with Crippen LogP contribution in [0.5, 0.6) is 11.5 Å². The Hall–Kier alpha value is -2.73. The maximum atomic E-state index is 12.7. The summed E-state index contributed by atoms with van der Waals surface area (Å²) in [7, 11) is 4.94. The molecule has 6 nitrogen and oxygen atoms in total. The number of anilines is 2. The molecule has 1 amide bonds. The van der Waals surface area contributed by atoms with E-state index in [4.69, 9.17) is 14.2 Å². The van der Waals surface area contributed by atoms with E-state index >= 15 is 0 Å². The molecule has 1 fully saturated rings. The number of carbonyl (C=O) groups is 1. The van der Waals surface area contributed by atoms with Crippen LogP contribution in [0.15, 0.2) is 42.5 Å². The second-order valence-electron chi connectivity index (χ2n) is 6.43. The molecular formula is C21H26N2O4. The van der Waals surface area contributed by atoms with E-state index in [1.807, 2.05) is 18.2 Å². The molecule has 0 N–H and O–H groups in total. The fraction of sp³-hybridized carbons (Fsp3) is 0.381. The fourth-order valence-electron chi connectivity index (χ4n) is 3.12. The molecule has 1 aliphatic heterocycles. The van der Waals surface area contributed by atoms with Crippen LogP contribution < -0.4 is 19.3 Å². The number of likely N-dealkylation sites (N-methyl/N-ethyl adjacent to an activating group) is 1. The predicted molar refractivity (Wildman–Crippen MR) is 106 cm³/mol. The van der Waals surface area contributed by atoms with Gasteiger partial charge in [0.05, 0.1) is 33.9 Å². The third kappa shape index (κ3) is 4.52. The van der Waals surface area contributed by atoms with Crippen molar-refractivity contribution in [2.45, 2.75) is 6.42 Å². The second-order valence-corrected chi connectivity index (χ2v) is 6.43. The lowest BCUT2D eigenvalue weighted by Crippen LogP contribution is -2.36. The van der Waals surface area contributed by atoms with Crippen LogP contribution in [0.4, 0.5) is 11.4 Å². The predicted octanol–water partition coefficient (Wildman–Crippen LogP) is 2.75. The molecule has 1 aliphatic rings. The Morgan fingerprint density at radius 3 is 2.33 bits per heavy atom. The molecule has 0 aromatic heterocycles. The Kier molecular flexibility index (Phi) is 6.19. The molecule has 2 aromatic carbocycles. The molecular weight excluding hydrogens is 344 g/mol. The smallest absolute Gasteiger partial charge is 0.231 e. The van der Waals surface area contributed by atoms with Crippen LogP contribution in [0.3, 0.4) is 0 Å². The second kappa shape index (κ2) is 8.77. The number of hydrogen-bond acceptors (Lipinski definition) is 5. The van der Waals surface area contributed by atoms with Gasteiger partial charge in [0.25, 0.3) is 0 Å². The van der Waals surface area contributed by atoms with Crippen molar-refractivity contribution in [1.29, 1.82) is 0 Å². The Bertz CT molecular complexity index is 770. The minimum absolute atomic E-state index is 0.0151. The lowest BCUT2D eigenvalue weighted by atomic mass is 10.1. The van der Waals surface area contributed by atoms with Crippen molar-refractivity contribution in [2.75, 3.05) is 57.4 Å². The minimum Gasteiger partial charge on any atom is -0.493 e. The van der Waals surface area contributed by atoms with Crippen LogP contribution in [-0.4, -0.2) is 53.5 Å². The molecule has 0 atom stereocenters. The van der Waals surface area contributed by atoms with Gasteiger partial charge in [-0.25, -0.2) is 0 Å². The first-order valence-electron chi connectivity index (χ1n) is 9.02. The van der Waals surface area contributed by atoms with Crippen LogP contribution >= 0.6 is 0 Å². The molecule has 6 heteroatoms. The molecule has 0 saturated carbocycles. The monoisotopic (exact) mass is 370 g/mol. The topological polar surface area (TPSA) is 51.2 Å². The van der Waals surface area contributed by atoms with Gasteiger partial charge in [-0.1, -0.05) is 12.1 Å². The molecule has 1 saturated heterocycles. The summed E-state index contributed by atoms with van der Waals surface area (Å²) in [6.07, 6.45) is 0.342. The van der Waals surface area contributed by atoms with E-state index in [-0.39, 0.29) is 5.91 Å². The lowest BCUT2D eigenvalue weighted by molar-refractivity contribution is -0.117. The highest BCUT2D eigenvalue weighted by atomic mass is 16.5. The lowest BCUT2D eigenvalue weighted by Gasteiger charge is -2.29. The van der Waals surface area contributed by atoms with Gasteiger partial charge in [0.2, 0.25) is 5.91 Å². The third-order valence-electron chi connectivity index (χ3n) is 4.80. The van der Waals surface area contributed by atoms with Gasteiger partial charge in [-0.2, -0.15) is 0 Å². The van der Waals surface area contributed by atoms with Crippen molar-refractivity contribution in [3.8, 4) is 11.5 Å². The zero-order chi connectivity index (χ0) is 19.2. The first kappa shape index (κ1) is 19.0. The molecule has 27 heavy (non-hydrogen) atoms. The number of benzene rings is 2. The van der Waals surface area contributed by atoms with E-state index in [9.17, 15) is 4.79 Å². The number of methoxy groups -OCH3 is 2. The maximum Gasteiger partial charge on any atom is 0.231 e. The molecule has 0 aliphatic carbocycles. The Morgan fingerprint density at radius 1 is 1.04 bits per heavy atom. The zero-order valence-corrected chi connectivity index (χ0v) is 16.1. The van der Waals surface area contributed by atoms with Crippen molar-refractivity contribution in [3.05, 3.63) is 48.0 Å². The summed E-state index contributed by atoms with van der Waals surface area (Å²) in [5, 5.41) is 0. The van der Waals surface area contributed by atoms with Gasteiger partial charge in [-0.3, -0.25) is 4.79 Å². The Balaban J connectivity index is 1.65. The number of nitrogens with zero attached hydrogens (tertiary/aromatic N) is 2. The quantitative estimate of drug-likeness (QED) is 0.783. The summed E-state index contributed by atoms with van der Waals surface area (Å²) < 4.78 is 16.0. The number of hydrogen-bond donors (Lipinski definition) is 0. The van der Waals surface area contributed by atoms with Gasteiger partial charge in [0.1, 0.15) is 0 Å². The highest BCUT2D eigenvalue weighted by Crippen LogP contribution is 2.31. The summed E-state index contributed by atoms with van der Waals surface area (Å²) in [6.45, 7) is 3.33. The Labute approximate surface area is 160 Å². The molecule has 0 bridgehead atoms. The molecule has 2 aromatic rings. The largest absolute Gasteiger partial charge is 0.493 e. The van der Waals surface area contributed by atoms with E-state index < -0.39 is 0 Å². The average molecular weight is 370 g/mol. The van der Waals surface area contributed by atoms with Crippen LogP contribution in [0.1, 0.15) is 5.56 Å². The van der Waals surface area contributed by atoms with E-state index in [0.29, 0.717) is 17.9 Å². The van der Waals surface area contributed by atoms with E-state index in [1.54, 1.807) is 38.3 Å². The van der Waals surface area contributed by atoms with Gasteiger partial charge < -0.3 is 24.0 Å². The number of amides is 1. The fourth-order valence-corrected chi connectivity index (χ4v) is 3.12. The molecule has 0 unspecified atom stereocenters. The molecule has 0 spiro atoms. The van der Waals surface area contributed by atoms with Crippen molar-refractivity contribution in [1.82, 2.24) is 0 Å². The van der Waals surface area contributed by atoms with Gasteiger partial charge >= 0.3 is 0 Å². The summed E-state index contributed by atoms with van der Waals surface area (Å²) in [5.74, 6) is 1.26. The molecule has 1 heterocycles. The van der Waals surface area contributed by atoms with Crippen molar-refractivity contribution in [3.63, 3.8) is 0 Å². The van der Waals surface area contributed by atoms with E-state index in [1.165, 1.54) is 5.69 Å². The normalized spacial score (nSPS) is 14.0. The summed E-state index contributed by atoms with van der Waals surface area (Å²) in [4.78, 5) is 16.6. The zero-order valence-electron chi connectivity index (χ0n) is 16.1. The highest BCUT2D eigenvalue weighted by Gasteiger charge is 2.15. The molecule has 144 valence electrons. The first-order valence-corrected chi connectivity index (χ1v) is 9.02. The highest BCUT2D eigenvalue weighted by molar-refractivity contribution is 5.94. The standard InChI is InChI=1S/C21H26N2O4/c1-22(18-8-9-19(25-2)20(15-18)26-3)21(24)14-16-4-6-17(7-5-16)23-10-12-27-13-11-23/h4-9,15H,10-14H2,1-3H3. The van der Waals surface area contributed by atoms with Crippen molar-refractivity contribution in [2.24, 2.45) is 0 Å². The van der Waals surface area contributed by atoms with Gasteiger partial charge in [-0.15, -0.1) is 0 Å². The van der Waals surface area contributed by atoms with Gasteiger partial charge in [-0.05, 0) is 29.8 Å². The number of rotatable bonds is 6. The number of carbonyl (C=O) groups excluding carboxylic acids is 1. The number of morpholine rings is 1. The van der Waals surface area contributed by atoms with Crippen LogP contribution in [0.25, 0.3) is 0 Å². The SMILES string of the molecule is COc1ccc(N(C)C(=O)Cc2ccc(N3CCOCC3)cc2)cc1OC. The molecule has 3 rings (SSSR count). The van der Waals surface area contributed by atoms with Crippen LogP contribution in [0.2, 0.25) is 0 Å². The summed E-state index contributed by atoms with van der Waals surface area (Å²) >= 11 is 0. The third-order valence-corrected chi connectivity index (χ3v) is 4.80. The Morgan fingerprint density at radius 2 is 1.70 bits per heavy atom. The van der Waals surface area contributed by atoms with Gasteiger partial charge in [0.15, 0.2) is 11.5 Å². The van der Waals surface area contributed by atoms with E-state index in [2.05, 4.69) is 17.0 Å². The van der Waals surface area contributed by atoms with E-state index in [0.717, 1.165) is 37.6 Å². The van der Waals surface area contributed by atoms with Crippen LogP contribution in [-0.2, 0) is 16.0 Å². The maximum absolute atomic E-state index is 12.7. The minimum atomic E-state index is 0.0151. The average Bonchev–Trinajstić information content (AvgIpc) is 2.73. The van der Waals surface area contributed by atoms with Gasteiger partial charge in [0, 0.05) is 37.6 Å². The van der Waals surface area contributed by atoms with Crippen LogP contribution in [0, 0.1) is 0 Å². The van der Waals surface area contributed by atoms with Crippen molar-refractivity contribution < 1.29 is 19.0 Å². The molecule has 0 radical (unpaired) electrons. The van der Waals surface area contributed by atoms with Crippen molar-refractivity contribution >= 4 is 17.3 Å². The summed E-state index contributed by atoms with van der Waals surface area (Å²) in [5.41, 5.74) is 2.93. The summed E-state index contributed by atoms with van der Waals surface area (Å²) in [6, 6.07) is 13.6. The first-order chi connectivity index (χ1) is 13.1.